The van der Waals surface area contributed by atoms with Gasteiger partial charge in [0.25, 0.3) is 0 Å². The second-order valence-electron chi connectivity index (χ2n) is 7.97. The van der Waals surface area contributed by atoms with E-state index >= 15 is 0 Å². The maximum Gasteiger partial charge on any atom is 0.243 e. The van der Waals surface area contributed by atoms with Crippen molar-refractivity contribution < 1.29 is 18.6 Å². The van der Waals surface area contributed by atoms with Crippen molar-refractivity contribution in [2.75, 3.05) is 45.8 Å². The maximum atomic E-state index is 12.9. The molecule has 1 aromatic carbocycles. The predicted molar refractivity (Wildman–Crippen MR) is 104 cm³/mol. The molecular weight excluding hydrogens is 366 g/mol. The molecule has 2 heterocycles. The average Bonchev–Trinajstić information content (AvgIpc) is 2.65. The van der Waals surface area contributed by atoms with Crippen LogP contribution >= 0.6 is 0 Å². The lowest BCUT2D eigenvalue weighted by Gasteiger charge is -2.46. The van der Waals surface area contributed by atoms with E-state index in [0.29, 0.717) is 6.04 Å². The molecular formula is C19H31N3O4S. The minimum Gasteiger partial charge on any atom is -0.390 e. The van der Waals surface area contributed by atoms with Crippen LogP contribution in [0.2, 0.25) is 0 Å². The Balaban J connectivity index is 1.69. The number of aliphatic hydroxyl groups is 2. The Morgan fingerprint density at radius 1 is 1.11 bits per heavy atom. The van der Waals surface area contributed by atoms with Gasteiger partial charge in [0.1, 0.15) is 5.60 Å². The molecule has 3 rings (SSSR count). The number of piperazine rings is 1. The van der Waals surface area contributed by atoms with Gasteiger partial charge in [0.2, 0.25) is 10.0 Å². The van der Waals surface area contributed by atoms with Crippen molar-refractivity contribution in [3.8, 4) is 0 Å². The summed E-state index contributed by atoms with van der Waals surface area (Å²) in [6.07, 6.45) is -0.697. The van der Waals surface area contributed by atoms with Crippen LogP contribution in [0.1, 0.15) is 20.3 Å². The minimum atomic E-state index is -3.68. The average molecular weight is 398 g/mol. The van der Waals surface area contributed by atoms with Crippen LogP contribution in [0.15, 0.2) is 35.2 Å². The summed E-state index contributed by atoms with van der Waals surface area (Å²) in [6.45, 7) is 8.17. The molecule has 0 bridgehead atoms. The van der Waals surface area contributed by atoms with Crippen LogP contribution in [0, 0.1) is 0 Å². The van der Waals surface area contributed by atoms with Gasteiger partial charge in [-0.05, 0) is 32.4 Å². The molecule has 0 saturated carbocycles. The summed E-state index contributed by atoms with van der Waals surface area (Å²) in [4.78, 5) is 4.72. The van der Waals surface area contributed by atoms with Gasteiger partial charge in [-0.3, -0.25) is 9.80 Å². The molecule has 2 N–H and O–H groups in total. The highest BCUT2D eigenvalue weighted by Gasteiger charge is 2.46. The van der Waals surface area contributed by atoms with Crippen molar-refractivity contribution in [3.05, 3.63) is 30.3 Å². The fraction of sp³-hybridized carbons (Fsp3) is 0.684. The van der Waals surface area contributed by atoms with E-state index in [4.69, 9.17) is 0 Å². The molecule has 2 atom stereocenters. The van der Waals surface area contributed by atoms with Gasteiger partial charge in [-0.1, -0.05) is 18.2 Å². The molecule has 0 amide bonds. The standard InChI is InChI=1S/C19H31N3O4S/c1-16(2)21-12-10-20(11-13-21)14-19(24)15-22(9-8-18(19)23)27(25,26)17-6-4-3-5-7-17/h3-7,16,18,23-24H,8-15H2,1-2H3/t18-,19+/m0/s1. The fourth-order valence-electron chi connectivity index (χ4n) is 3.95. The quantitative estimate of drug-likeness (QED) is 0.738. The van der Waals surface area contributed by atoms with Gasteiger partial charge in [-0.15, -0.1) is 0 Å². The lowest BCUT2D eigenvalue weighted by Crippen LogP contribution is -2.64. The summed E-state index contributed by atoms with van der Waals surface area (Å²) in [6, 6.07) is 8.75. The zero-order chi connectivity index (χ0) is 19.7. The number of sulfonamides is 1. The molecule has 2 saturated heterocycles. The fourth-order valence-corrected chi connectivity index (χ4v) is 5.49. The Labute approximate surface area is 162 Å². The normalized spacial score (nSPS) is 29.3. The van der Waals surface area contributed by atoms with E-state index in [1.165, 1.54) is 4.31 Å². The van der Waals surface area contributed by atoms with Crippen LogP contribution in [0.5, 0.6) is 0 Å². The van der Waals surface area contributed by atoms with E-state index in [0.717, 1.165) is 26.2 Å². The molecule has 0 unspecified atom stereocenters. The van der Waals surface area contributed by atoms with Crippen molar-refractivity contribution in [2.45, 2.75) is 42.9 Å². The van der Waals surface area contributed by atoms with Crippen molar-refractivity contribution >= 4 is 10.0 Å². The van der Waals surface area contributed by atoms with Gasteiger partial charge >= 0.3 is 0 Å². The number of nitrogens with zero attached hydrogens (tertiary/aromatic N) is 3. The monoisotopic (exact) mass is 397 g/mol. The Morgan fingerprint density at radius 3 is 2.33 bits per heavy atom. The Hall–Kier alpha value is -1.03. The van der Waals surface area contributed by atoms with Gasteiger partial charge in [-0.2, -0.15) is 4.31 Å². The van der Waals surface area contributed by atoms with Crippen molar-refractivity contribution in [1.29, 1.82) is 0 Å². The zero-order valence-electron chi connectivity index (χ0n) is 16.2. The Bertz CT molecular complexity index is 720. The molecule has 2 aliphatic rings. The van der Waals surface area contributed by atoms with Gasteiger partial charge in [0, 0.05) is 51.9 Å². The van der Waals surface area contributed by atoms with E-state index < -0.39 is 21.7 Å². The maximum absolute atomic E-state index is 12.9. The zero-order valence-corrected chi connectivity index (χ0v) is 17.0. The lowest BCUT2D eigenvalue weighted by molar-refractivity contribution is -0.124. The highest BCUT2D eigenvalue weighted by molar-refractivity contribution is 7.89. The SMILES string of the molecule is CC(C)N1CCN(C[C@@]2(O)CN(S(=O)(=O)c3ccccc3)CC[C@@H]2O)CC1. The summed E-state index contributed by atoms with van der Waals surface area (Å²) in [5.41, 5.74) is -1.46. The van der Waals surface area contributed by atoms with Gasteiger partial charge in [-0.25, -0.2) is 8.42 Å². The molecule has 0 aliphatic carbocycles. The molecule has 8 heteroatoms. The first-order valence-electron chi connectivity index (χ1n) is 9.64. The van der Waals surface area contributed by atoms with Crippen LogP contribution in [-0.2, 0) is 10.0 Å². The second kappa shape index (κ2) is 8.14. The van der Waals surface area contributed by atoms with Gasteiger partial charge in [0.05, 0.1) is 11.0 Å². The van der Waals surface area contributed by atoms with E-state index in [2.05, 4.69) is 23.6 Å². The van der Waals surface area contributed by atoms with Crippen molar-refractivity contribution in [2.24, 2.45) is 0 Å². The molecule has 0 aromatic heterocycles. The number of rotatable bonds is 5. The van der Waals surface area contributed by atoms with Crippen molar-refractivity contribution in [3.63, 3.8) is 0 Å². The predicted octanol–water partition coefficient (Wildman–Crippen LogP) is 0.199. The summed E-state index contributed by atoms with van der Waals surface area (Å²) < 4.78 is 27.1. The number of hydrogen-bond donors (Lipinski definition) is 2. The van der Waals surface area contributed by atoms with Crippen LogP contribution in [0.25, 0.3) is 0 Å². The molecule has 7 nitrogen and oxygen atoms in total. The summed E-state index contributed by atoms with van der Waals surface area (Å²) in [5, 5.41) is 21.6. The Morgan fingerprint density at radius 2 is 1.74 bits per heavy atom. The summed E-state index contributed by atoms with van der Waals surface area (Å²) in [7, 11) is -3.68. The number of aliphatic hydroxyl groups excluding tert-OH is 1. The van der Waals surface area contributed by atoms with Crippen molar-refractivity contribution in [1.82, 2.24) is 14.1 Å². The number of hydrogen-bond acceptors (Lipinski definition) is 6. The largest absolute Gasteiger partial charge is 0.390 e. The van der Waals surface area contributed by atoms with E-state index in [-0.39, 0.29) is 31.0 Å². The van der Waals surface area contributed by atoms with E-state index in [1.54, 1.807) is 30.3 Å². The number of β-amino-alcohol motifs (C(OH)–C–C–N with tert-alkyl or cyclic N) is 1. The molecule has 2 aliphatic heterocycles. The van der Waals surface area contributed by atoms with Crippen LogP contribution in [-0.4, -0.2) is 96.3 Å². The van der Waals surface area contributed by atoms with Crippen LogP contribution in [0.4, 0.5) is 0 Å². The lowest BCUT2D eigenvalue weighted by atomic mass is 9.90. The third kappa shape index (κ3) is 4.52. The first-order valence-corrected chi connectivity index (χ1v) is 11.1. The molecule has 2 fully saturated rings. The first-order chi connectivity index (χ1) is 12.7. The van der Waals surface area contributed by atoms with Crippen LogP contribution in [0.3, 0.4) is 0 Å². The summed E-state index contributed by atoms with van der Waals surface area (Å²) in [5.74, 6) is 0. The molecule has 0 spiro atoms. The third-order valence-electron chi connectivity index (χ3n) is 5.74. The Kier molecular flexibility index (Phi) is 6.24. The third-order valence-corrected chi connectivity index (χ3v) is 7.60. The van der Waals surface area contributed by atoms with Gasteiger partial charge in [0.15, 0.2) is 0 Å². The van der Waals surface area contributed by atoms with Crippen LogP contribution < -0.4 is 0 Å². The van der Waals surface area contributed by atoms with E-state index in [1.807, 2.05) is 0 Å². The topological polar surface area (TPSA) is 84.3 Å². The molecule has 1 aromatic rings. The van der Waals surface area contributed by atoms with E-state index in [9.17, 15) is 18.6 Å². The molecule has 152 valence electrons. The minimum absolute atomic E-state index is 0.0875. The number of benzene rings is 1. The molecule has 27 heavy (non-hydrogen) atoms. The highest BCUT2D eigenvalue weighted by atomic mass is 32.2. The second-order valence-corrected chi connectivity index (χ2v) is 9.90. The summed E-state index contributed by atoms with van der Waals surface area (Å²) >= 11 is 0. The highest BCUT2D eigenvalue weighted by Crippen LogP contribution is 2.28. The smallest absolute Gasteiger partial charge is 0.243 e. The van der Waals surface area contributed by atoms with Gasteiger partial charge < -0.3 is 10.2 Å². The number of piperidine rings is 1. The molecule has 0 radical (unpaired) electrons. The first kappa shape index (κ1) is 20.7.